The Morgan fingerprint density at radius 3 is 2.35 bits per heavy atom. The van der Waals surface area contributed by atoms with E-state index in [2.05, 4.69) is 27.5 Å². The number of hydrogen-bond donors (Lipinski definition) is 3. The smallest absolute Gasteiger partial charge is 0.224 e. The van der Waals surface area contributed by atoms with Crippen LogP contribution < -0.4 is 16.4 Å². The van der Waals surface area contributed by atoms with E-state index in [0.29, 0.717) is 12.4 Å². The molecule has 0 fully saturated rings. The minimum absolute atomic E-state index is 0.334. The summed E-state index contributed by atoms with van der Waals surface area (Å²) in [5.41, 5.74) is 4.75. The van der Waals surface area contributed by atoms with Crippen molar-refractivity contribution in [3.05, 3.63) is 11.9 Å². The molecule has 1 heterocycles. The first kappa shape index (κ1) is 16.2. The Hall–Kier alpha value is -1.85. The number of hydrogen-bond acceptors (Lipinski definition) is 5. The van der Waals surface area contributed by atoms with Gasteiger partial charge in [-0.3, -0.25) is 4.79 Å². The van der Waals surface area contributed by atoms with Crippen LogP contribution in [0.3, 0.4) is 0 Å². The molecule has 20 heavy (non-hydrogen) atoms. The molecule has 1 amide bonds. The third kappa shape index (κ3) is 4.68. The summed E-state index contributed by atoms with van der Waals surface area (Å²) in [6.07, 6.45) is 1.81. The first-order valence-corrected chi connectivity index (χ1v) is 7.04. The molecule has 6 nitrogen and oxygen atoms in total. The maximum Gasteiger partial charge on any atom is 0.224 e. The molecule has 0 aliphatic carbocycles. The number of carbonyl (C=O) groups is 1. The molecule has 0 aliphatic heterocycles. The van der Waals surface area contributed by atoms with Crippen molar-refractivity contribution in [3.63, 3.8) is 0 Å². The summed E-state index contributed by atoms with van der Waals surface area (Å²) < 4.78 is 0. The Labute approximate surface area is 120 Å². The lowest BCUT2D eigenvalue weighted by Crippen LogP contribution is -2.37. The van der Waals surface area contributed by atoms with Crippen LogP contribution in [0.1, 0.15) is 39.9 Å². The first-order chi connectivity index (χ1) is 9.39. The summed E-state index contributed by atoms with van der Waals surface area (Å²) in [6, 6.07) is 1.85. The summed E-state index contributed by atoms with van der Waals surface area (Å²) in [7, 11) is 0. The van der Waals surface area contributed by atoms with Crippen LogP contribution in [0, 0.1) is 5.41 Å². The molecule has 0 aromatic carbocycles. The largest absolute Gasteiger partial charge is 0.370 e. The highest BCUT2D eigenvalue weighted by Gasteiger charge is 2.24. The molecule has 112 valence electrons. The molecule has 0 saturated heterocycles. The number of primary amides is 1. The lowest BCUT2D eigenvalue weighted by molar-refractivity contribution is -0.125. The predicted molar refractivity (Wildman–Crippen MR) is 81.7 cm³/mol. The van der Waals surface area contributed by atoms with Gasteiger partial charge in [-0.15, -0.1) is 0 Å². The van der Waals surface area contributed by atoms with Crippen LogP contribution in [0.25, 0.3) is 0 Å². The minimum Gasteiger partial charge on any atom is -0.370 e. The Kier molecular flexibility index (Phi) is 5.73. The molecule has 4 N–H and O–H groups in total. The Bertz CT molecular complexity index is 435. The fourth-order valence-electron chi connectivity index (χ4n) is 1.59. The quantitative estimate of drug-likeness (QED) is 0.674. The van der Waals surface area contributed by atoms with Crippen molar-refractivity contribution in [2.24, 2.45) is 11.1 Å². The van der Waals surface area contributed by atoms with E-state index in [0.717, 1.165) is 31.0 Å². The Morgan fingerprint density at radius 1 is 1.25 bits per heavy atom. The predicted octanol–water partition coefficient (Wildman–Crippen LogP) is 1.78. The van der Waals surface area contributed by atoms with Gasteiger partial charge in [0.2, 0.25) is 5.91 Å². The molecule has 0 spiro atoms. The molecule has 0 bridgehead atoms. The van der Waals surface area contributed by atoms with Gasteiger partial charge >= 0.3 is 0 Å². The molecule has 1 rings (SSSR count). The molecule has 0 atom stereocenters. The summed E-state index contributed by atoms with van der Waals surface area (Å²) in [5, 5.41) is 6.36. The fraction of sp³-hybridized carbons (Fsp3) is 0.643. The zero-order valence-electron chi connectivity index (χ0n) is 12.8. The summed E-state index contributed by atoms with van der Waals surface area (Å²) in [6.45, 7) is 8.96. The Morgan fingerprint density at radius 2 is 1.85 bits per heavy atom. The van der Waals surface area contributed by atoms with E-state index in [1.807, 2.05) is 26.8 Å². The van der Waals surface area contributed by atoms with Crippen LogP contribution in [0.5, 0.6) is 0 Å². The van der Waals surface area contributed by atoms with Gasteiger partial charge in [0.15, 0.2) is 0 Å². The molecule has 6 heteroatoms. The third-order valence-electron chi connectivity index (χ3n) is 2.98. The first-order valence-electron chi connectivity index (χ1n) is 7.04. The number of aromatic nitrogens is 2. The van der Waals surface area contributed by atoms with Gasteiger partial charge in [0.1, 0.15) is 17.5 Å². The van der Waals surface area contributed by atoms with Gasteiger partial charge in [-0.05, 0) is 27.2 Å². The van der Waals surface area contributed by atoms with Gasteiger partial charge in [-0.2, -0.15) is 0 Å². The fourth-order valence-corrected chi connectivity index (χ4v) is 1.59. The summed E-state index contributed by atoms with van der Waals surface area (Å²) >= 11 is 0. The van der Waals surface area contributed by atoms with E-state index in [1.165, 1.54) is 0 Å². The standard InChI is InChI=1S/C14H25N5O/c1-5-7-10-18-11(16-6-2)8-12(19-10)17-9-14(3,4)13(15)20/h8H,5-7,9H2,1-4H3,(H2,15,20)(H2,16,17,18,19). The van der Waals surface area contributed by atoms with Gasteiger partial charge in [-0.1, -0.05) is 6.92 Å². The Balaban J connectivity index is 2.85. The highest BCUT2D eigenvalue weighted by Crippen LogP contribution is 2.17. The van der Waals surface area contributed by atoms with E-state index in [1.54, 1.807) is 0 Å². The van der Waals surface area contributed by atoms with Crippen molar-refractivity contribution in [1.82, 2.24) is 9.97 Å². The van der Waals surface area contributed by atoms with Crippen LogP contribution in [0.4, 0.5) is 11.6 Å². The van der Waals surface area contributed by atoms with Crippen LogP contribution in [0.15, 0.2) is 6.07 Å². The van der Waals surface area contributed by atoms with Gasteiger partial charge < -0.3 is 16.4 Å². The van der Waals surface area contributed by atoms with E-state index >= 15 is 0 Å². The topological polar surface area (TPSA) is 92.9 Å². The second-order valence-corrected chi connectivity index (χ2v) is 5.44. The van der Waals surface area contributed by atoms with E-state index in [4.69, 9.17) is 5.73 Å². The molecule has 0 unspecified atom stereocenters. The maximum absolute atomic E-state index is 11.3. The zero-order chi connectivity index (χ0) is 15.2. The lowest BCUT2D eigenvalue weighted by Gasteiger charge is -2.21. The van der Waals surface area contributed by atoms with E-state index in [9.17, 15) is 4.79 Å². The molecule has 1 aromatic rings. The van der Waals surface area contributed by atoms with E-state index < -0.39 is 5.41 Å². The van der Waals surface area contributed by atoms with Crippen molar-refractivity contribution in [3.8, 4) is 0 Å². The van der Waals surface area contributed by atoms with Gasteiger partial charge in [-0.25, -0.2) is 9.97 Å². The van der Waals surface area contributed by atoms with E-state index in [-0.39, 0.29) is 5.91 Å². The number of nitrogens with zero attached hydrogens (tertiary/aromatic N) is 2. The average molecular weight is 279 g/mol. The number of nitrogens with one attached hydrogen (secondary N) is 2. The number of rotatable bonds is 8. The molecular formula is C14H25N5O. The maximum atomic E-state index is 11.3. The average Bonchev–Trinajstić information content (AvgIpc) is 2.37. The second kappa shape index (κ2) is 7.07. The van der Waals surface area contributed by atoms with Crippen LogP contribution in [0.2, 0.25) is 0 Å². The molecule has 1 aromatic heterocycles. The third-order valence-corrected chi connectivity index (χ3v) is 2.98. The van der Waals surface area contributed by atoms with Crippen molar-refractivity contribution < 1.29 is 4.79 Å². The van der Waals surface area contributed by atoms with Crippen molar-refractivity contribution >= 4 is 17.5 Å². The number of aryl methyl sites for hydroxylation is 1. The zero-order valence-corrected chi connectivity index (χ0v) is 12.8. The van der Waals surface area contributed by atoms with Crippen LogP contribution in [-0.2, 0) is 11.2 Å². The van der Waals surface area contributed by atoms with Crippen molar-refractivity contribution in [2.45, 2.75) is 40.5 Å². The molecule has 0 aliphatic rings. The van der Waals surface area contributed by atoms with Crippen LogP contribution >= 0.6 is 0 Å². The van der Waals surface area contributed by atoms with Gasteiger partial charge in [0, 0.05) is 25.6 Å². The highest BCUT2D eigenvalue weighted by molar-refractivity contribution is 5.80. The lowest BCUT2D eigenvalue weighted by atomic mass is 9.93. The summed E-state index contributed by atoms with van der Waals surface area (Å²) in [4.78, 5) is 20.2. The second-order valence-electron chi connectivity index (χ2n) is 5.44. The molecular weight excluding hydrogens is 254 g/mol. The normalized spacial score (nSPS) is 11.2. The number of nitrogens with two attached hydrogens (primary N) is 1. The SMILES string of the molecule is CCCc1nc(NCC)cc(NCC(C)(C)C(N)=O)n1. The number of amides is 1. The minimum atomic E-state index is -0.617. The molecule has 0 radical (unpaired) electrons. The highest BCUT2D eigenvalue weighted by atomic mass is 16.1. The van der Waals surface area contributed by atoms with Crippen LogP contribution in [-0.4, -0.2) is 29.0 Å². The monoisotopic (exact) mass is 279 g/mol. The van der Waals surface area contributed by atoms with Gasteiger partial charge in [0.25, 0.3) is 0 Å². The summed E-state index contributed by atoms with van der Waals surface area (Å²) in [5.74, 6) is 1.98. The van der Waals surface area contributed by atoms with Crippen molar-refractivity contribution in [2.75, 3.05) is 23.7 Å². The number of anilines is 2. The molecule has 0 saturated carbocycles. The number of carbonyl (C=O) groups excluding carboxylic acids is 1. The van der Waals surface area contributed by atoms with Gasteiger partial charge in [0.05, 0.1) is 5.41 Å². The van der Waals surface area contributed by atoms with Crippen molar-refractivity contribution in [1.29, 1.82) is 0 Å².